The average Bonchev–Trinajstić information content (AvgIpc) is 2.82. The van der Waals surface area contributed by atoms with Crippen LogP contribution in [-0.2, 0) is 22.4 Å². The van der Waals surface area contributed by atoms with Gasteiger partial charge in [-0.3, -0.25) is 14.9 Å². The highest BCUT2D eigenvalue weighted by molar-refractivity contribution is 5.90. The van der Waals surface area contributed by atoms with Crippen molar-refractivity contribution in [3.63, 3.8) is 0 Å². The summed E-state index contributed by atoms with van der Waals surface area (Å²) in [6, 6.07) is 3.75. The number of amides is 2. The number of rotatable bonds is 9. The van der Waals surface area contributed by atoms with Gasteiger partial charge in [0.05, 0.1) is 33.6 Å². The van der Waals surface area contributed by atoms with Crippen LogP contribution in [0.2, 0.25) is 0 Å². The minimum atomic E-state index is -0.275. The Bertz CT molecular complexity index is 1120. The zero-order valence-corrected chi connectivity index (χ0v) is 20.7. The summed E-state index contributed by atoms with van der Waals surface area (Å²) in [5.41, 5.74) is 2.54. The number of methoxy groups -OCH3 is 3. The quantitative estimate of drug-likeness (QED) is 0.526. The smallest absolute Gasteiger partial charge is 0.231 e. The lowest BCUT2D eigenvalue weighted by atomic mass is 9.86. The zero-order valence-electron chi connectivity index (χ0n) is 20.7. The third kappa shape index (κ3) is 6.12. The van der Waals surface area contributed by atoms with Crippen molar-refractivity contribution in [2.75, 3.05) is 50.0 Å². The van der Waals surface area contributed by atoms with Gasteiger partial charge in [-0.2, -0.15) is 4.98 Å². The van der Waals surface area contributed by atoms with Gasteiger partial charge in [0.2, 0.25) is 23.5 Å². The molecule has 1 aromatic heterocycles. The summed E-state index contributed by atoms with van der Waals surface area (Å²) in [4.78, 5) is 34.3. The number of fused-ring (bicyclic) bond motifs is 1. The molecule has 0 fully saturated rings. The fourth-order valence-electron chi connectivity index (χ4n) is 4.26. The fourth-order valence-corrected chi connectivity index (χ4v) is 4.26. The Balaban J connectivity index is 1.90. The monoisotopic (exact) mass is 481 g/mol. The lowest BCUT2D eigenvalue weighted by molar-refractivity contribution is -0.115. The van der Waals surface area contributed by atoms with Gasteiger partial charge in [0.1, 0.15) is 5.82 Å². The molecule has 1 aliphatic carbocycles. The molecule has 1 unspecified atom stereocenters. The first kappa shape index (κ1) is 25.6. The Morgan fingerprint density at radius 1 is 1.09 bits per heavy atom. The van der Waals surface area contributed by atoms with E-state index in [1.54, 1.807) is 21.3 Å². The number of carbonyl (C=O) groups is 2. The van der Waals surface area contributed by atoms with Crippen LogP contribution in [-0.4, -0.2) is 56.2 Å². The summed E-state index contributed by atoms with van der Waals surface area (Å²) in [7, 11) is 4.71. The number of terminal acetylenes is 1. The van der Waals surface area contributed by atoms with Crippen molar-refractivity contribution in [1.29, 1.82) is 0 Å². The van der Waals surface area contributed by atoms with E-state index in [1.165, 1.54) is 13.8 Å². The summed E-state index contributed by atoms with van der Waals surface area (Å²) < 4.78 is 16.4. The van der Waals surface area contributed by atoms with Gasteiger partial charge in [-0.15, -0.1) is 6.42 Å². The molecule has 0 aliphatic heterocycles. The molecule has 3 rings (SSSR count). The van der Waals surface area contributed by atoms with Gasteiger partial charge in [-0.25, -0.2) is 4.98 Å². The highest BCUT2D eigenvalue weighted by atomic mass is 16.5. The number of carbonyl (C=O) groups excluding carboxylic acids is 2. The number of aromatic nitrogens is 2. The van der Waals surface area contributed by atoms with Crippen LogP contribution in [0.5, 0.6) is 17.2 Å². The molecule has 2 N–H and O–H groups in total. The third-order valence-electron chi connectivity index (χ3n) is 5.73. The molecule has 10 nitrogen and oxygen atoms in total. The van der Waals surface area contributed by atoms with E-state index >= 15 is 0 Å². The third-order valence-corrected chi connectivity index (χ3v) is 5.73. The summed E-state index contributed by atoms with van der Waals surface area (Å²) in [6.45, 7) is 3.86. The van der Waals surface area contributed by atoms with E-state index in [-0.39, 0.29) is 23.7 Å². The molecule has 10 heteroatoms. The summed E-state index contributed by atoms with van der Waals surface area (Å²) in [5, 5.41) is 5.39. The van der Waals surface area contributed by atoms with Crippen molar-refractivity contribution < 1.29 is 23.8 Å². The number of benzene rings is 1. The number of nitrogens with zero attached hydrogens (tertiary/aromatic N) is 3. The highest BCUT2D eigenvalue weighted by Crippen LogP contribution is 2.41. The minimum Gasteiger partial charge on any atom is -0.493 e. The molecule has 0 saturated heterocycles. The second-order valence-electron chi connectivity index (χ2n) is 8.26. The number of hydrogen-bond donors (Lipinski definition) is 2. The van der Waals surface area contributed by atoms with E-state index in [0.717, 1.165) is 23.4 Å². The standard InChI is InChI=1S/C25H31N5O5/c1-7-10-30(18-12-21(33-4)23(35-6)22(13-18)34-5)14-17-8-9-20-19(11-17)24(26-15(2)31)29-25(28-20)27-16(3)32/h1,12-13,17H,8-11,14H2,2-6H3,(H2,26,27,28,29,31,32). The maximum Gasteiger partial charge on any atom is 0.231 e. The van der Waals surface area contributed by atoms with Crippen LogP contribution in [0.3, 0.4) is 0 Å². The van der Waals surface area contributed by atoms with Gasteiger partial charge in [-0.05, 0) is 25.2 Å². The van der Waals surface area contributed by atoms with E-state index in [1.807, 2.05) is 12.1 Å². The lowest BCUT2D eigenvalue weighted by Crippen LogP contribution is -2.33. The molecule has 0 radical (unpaired) electrons. The molecule has 186 valence electrons. The number of hydrogen-bond acceptors (Lipinski definition) is 8. The van der Waals surface area contributed by atoms with Crippen molar-refractivity contribution in [3.05, 3.63) is 23.4 Å². The minimum absolute atomic E-state index is 0.185. The van der Waals surface area contributed by atoms with E-state index in [9.17, 15) is 9.59 Å². The van der Waals surface area contributed by atoms with Crippen molar-refractivity contribution >= 4 is 29.3 Å². The molecule has 1 atom stereocenters. The maximum absolute atomic E-state index is 11.8. The molecule has 2 amide bonds. The second kappa shape index (κ2) is 11.4. The second-order valence-corrected chi connectivity index (χ2v) is 8.26. The Kier molecular flexibility index (Phi) is 8.36. The van der Waals surface area contributed by atoms with Gasteiger partial charge in [0, 0.05) is 43.8 Å². The number of ether oxygens (including phenoxy) is 3. The van der Waals surface area contributed by atoms with Gasteiger partial charge >= 0.3 is 0 Å². The van der Waals surface area contributed by atoms with E-state index in [0.29, 0.717) is 49.0 Å². The number of anilines is 3. The van der Waals surface area contributed by atoms with Gasteiger partial charge in [0.15, 0.2) is 11.5 Å². The molecular formula is C25H31N5O5. The van der Waals surface area contributed by atoms with Crippen molar-refractivity contribution in [2.45, 2.75) is 33.1 Å². The lowest BCUT2D eigenvalue weighted by Gasteiger charge is -2.32. The first-order valence-corrected chi connectivity index (χ1v) is 11.2. The summed E-state index contributed by atoms with van der Waals surface area (Å²) >= 11 is 0. The van der Waals surface area contributed by atoms with Crippen molar-refractivity contribution in [2.24, 2.45) is 5.92 Å². The Labute approximate surface area is 205 Å². The van der Waals surface area contributed by atoms with Gasteiger partial charge in [0.25, 0.3) is 0 Å². The Morgan fingerprint density at radius 2 is 1.74 bits per heavy atom. The molecule has 2 aromatic rings. The van der Waals surface area contributed by atoms with Crippen LogP contribution in [0.15, 0.2) is 12.1 Å². The van der Waals surface area contributed by atoms with Crippen LogP contribution >= 0.6 is 0 Å². The SMILES string of the molecule is C#CCN(CC1CCc2nc(NC(C)=O)nc(NC(C)=O)c2C1)c1cc(OC)c(OC)c(OC)c1. The van der Waals surface area contributed by atoms with Crippen LogP contribution in [0.1, 0.15) is 31.5 Å². The molecular weight excluding hydrogens is 450 g/mol. The topological polar surface area (TPSA) is 115 Å². The Morgan fingerprint density at radius 3 is 2.29 bits per heavy atom. The predicted octanol–water partition coefficient (Wildman–Crippen LogP) is 2.66. The van der Waals surface area contributed by atoms with Crippen LogP contribution < -0.4 is 29.7 Å². The largest absolute Gasteiger partial charge is 0.493 e. The molecule has 1 aliphatic rings. The van der Waals surface area contributed by atoms with Crippen LogP contribution in [0.4, 0.5) is 17.5 Å². The normalized spacial score (nSPS) is 14.2. The molecule has 0 spiro atoms. The maximum atomic E-state index is 11.8. The number of aryl methyl sites for hydroxylation is 1. The van der Waals surface area contributed by atoms with Crippen LogP contribution in [0, 0.1) is 18.3 Å². The fraction of sp³-hybridized carbons (Fsp3) is 0.440. The molecule has 0 saturated carbocycles. The average molecular weight is 482 g/mol. The molecule has 0 bridgehead atoms. The van der Waals surface area contributed by atoms with Gasteiger partial charge < -0.3 is 24.4 Å². The highest BCUT2D eigenvalue weighted by Gasteiger charge is 2.27. The van der Waals surface area contributed by atoms with Crippen molar-refractivity contribution in [1.82, 2.24) is 9.97 Å². The van der Waals surface area contributed by atoms with E-state index < -0.39 is 0 Å². The van der Waals surface area contributed by atoms with Crippen LogP contribution in [0.25, 0.3) is 0 Å². The van der Waals surface area contributed by atoms with E-state index in [2.05, 4.69) is 31.4 Å². The van der Waals surface area contributed by atoms with E-state index in [4.69, 9.17) is 20.6 Å². The molecule has 1 aromatic carbocycles. The summed E-state index contributed by atoms with van der Waals surface area (Å²) in [6.07, 6.45) is 7.89. The number of nitrogens with one attached hydrogen (secondary N) is 2. The Hall–Kier alpha value is -4.00. The summed E-state index contributed by atoms with van der Waals surface area (Å²) in [5.74, 6) is 4.65. The first-order valence-electron chi connectivity index (χ1n) is 11.2. The zero-order chi connectivity index (χ0) is 25.5. The first-order chi connectivity index (χ1) is 16.8. The van der Waals surface area contributed by atoms with Crippen molar-refractivity contribution in [3.8, 4) is 29.6 Å². The predicted molar refractivity (Wildman–Crippen MR) is 133 cm³/mol. The van der Waals surface area contributed by atoms with Gasteiger partial charge in [-0.1, -0.05) is 5.92 Å². The molecule has 35 heavy (non-hydrogen) atoms. The molecule has 1 heterocycles.